The van der Waals surface area contributed by atoms with Crippen molar-refractivity contribution >= 4 is 12.0 Å². The zero-order valence-corrected chi connectivity index (χ0v) is 15.3. The zero-order valence-electron chi connectivity index (χ0n) is 15.3. The Bertz CT molecular complexity index is 709. The summed E-state index contributed by atoms with van der Waals surface area (Å²) in [6, 6.07) is 6.68. The van der Waals surface area contributed by atoms with E-state index in [1.807, 2.05) is 0 Å². The monoisotopic (exact) mass is 361 g/mol. The Labute approximate surface area is 152 Å². The van der Waals surface area contributed by atoms with Crippen molar-refractivity contribution in [2.24, 2.45) is 0 Å². The van der Waals surface area contributed by atoms with E-state index in [2.05, 4.69) is 11.4 Å². The van der Waals surface area contributed by atoms with Gasteiger partial charge in [-0.25, -0.2) is 9.18 Å². The van der Waals surface area contributed by atoms with Gasteiger partial charge in [0.15, 0.2) is 0 Å². The average molecular weight is 361 g/mol. The van der Waals surface area contributed by atoms with Gasteiger partial charge in [0.2, 0.25) is 5.91 Å². The lowest BCUT2D eigenvalue weighted by Gasteiger charge is -2.28. The maximum absolute atomic E-state index is 14.0. The maximum atomic E-state index is 14.0. The van der Waals surface area contributed by atoms with E-state index in [1.54, 1.807) is 39.0 Å². The Morgan fingerprint density at radius 2 is 2.12 bits per heavy atom. The molecule has 1 aliphatic rings. The molecule has 2 amide bonds. The third-order valence-electron chi connectivity index (χ3n) is 4.06. The largest absolute Gasteiger partial charge is 0.444 e. The van der Waals surface area contributed by atoms with Gasteiger partial charge in [-0.15, -0.1) is 0 Å². The van der Waals surface area contributed by atoms with Crippen molar-refractivity contribution in [3.63, 3.8) is 0 Å². The number of ether oxygens (including phenoxy) is 1. The number of alkyl carbamates (subject to hydrolysis) is 1. The smallest absolute Gasteiger partial charge is 0.408 e. The topological polar surface area (TPSA) is 82.4 Å². The van der Waals surface area contributed by atoms with Crippen LogP contribution < -0.4 is 5.32 Å². The molecule has 1 unspecified atom stereocenters. The number of nitrogens with one attached hydrogen (secondary N) is 1. The molecule has 0 spiro atoms. The van der Waals surface area contributed by atoms with Crippen LogP contribution >= 0.6 is 0 Å². The van der Waals surface area contributed by atoms with Gasteiger partial charge in [-0.05, 0) is 45.2 Å². The molecule has 140 valence electrons. The molecule has 2 atom stereocenters. The van der Waals surface area contributed by atoms with Crippen LogP contribution in [0, 0.1) is 17.1 Å². The molecule has 6 nitrogen and oxygen atoms in total. The van der Waals surface area contributed by atoms with Crippen LogP contribution in [0.5, 0.6) is 0 Å². The van der Waals surface area contributed by atoms with Gasteiger partial charge in [0.25, 0.3) is 0 Å². The quantitative estimate of drug-likeness (QED) is 0.894. The van der Waals surface area contributed by atoms with Crippen molar-refractivity contribution in [3.05, 3.63) is 35.6 Å². The number of hydrogen-bond acceptors (Lipinski definition) is 4. The molecule has 1 aliphatic heterocycles. The van der Waals surface area contributed by atoms with E-state index < -0.39 is 35.5 Å². The maximum Gasteiger partial charge on any atom is 0.408 e. The van der Waals surface area contributed by atoms with E-state index in [-0.39, 0.29) is 6.42 Å². The van der Waals surface area contributed by atoms with Crippen molar-refractivity contribution < 1.29 is 18.7 Å². The summed E-state index contributed by atoms with van der Waals surface area (Å²) in [5, 5.41) is 11.8. The molecule has 1 saturated heterocycles. The van der Waals surface area contributed by atoms with Gasteiger partial charge >= 0.3 is 6.09 Å². The summed E-state index contributed by atoms with van der Waals surface area (Å²) in [5.41, 5.74) is -0.409. The molecule has 7 heteroatoms. The van der Waals surface area contributed by atoms with Crippen molar-refractivity contribution in [2.45, 2.75) is 57.7 Å². The van der Waals surface area contributed by atoms with Crippen LogP contribution in [-0.4, -0.2) is 41.1 Å². The normalized spacial score (nSPS) is 18.1. The first kappa shape index (κ1) is 19.7. The lowest BCUT2D eigenvalue weighted by atomic mass is 10.0. The zero-order chi connectivity index (χ0) is 19.3. The molecular weight excluding hydrogens is 337 g/mol. The van der Waals surface area contributed by atoms with E-state index >= 15 is 0 Å². The third-order valence-corrected chi connectivity index (χ3v) is 4.06. The Kier molecular flexibility index (Phi) is 6.19. The predicted octanol–water partition coefficient (Wildman–Crippen LogP) is 2.78. The third kappa shape index (κ3) is 5.19. The second-order valence-electron chi connectivity index (χ2n) is 7.31. The number of nitriles is 1. The standard InChI is InChI=1S/C19H24FN3O3/c1-19(2,3)26-18(25)22-16(11-13-7-4-5-9-15(13)20)17(24)23-10-6-8-14(23)12-21/h4-5,7,9,14,16H,6,8,10-11H2,1-3H3,(H,22,25)/t14-,16?/m0/s1. The highest BCUT2D eigenvalue weighted by Crippen LogP contribution is 2.19. The fourth-order valence-corrected chi connectivity index (χ4v) is 2.90. The summed E-state index contributed by atoms with van der Waals surface area (Å²) in [6.07, 6.45) is 0.559. The second kappa shape index (κ2) is 8.17. The van der Waals surface area contributed by atoms with E-state index in [0.717, 1.165) is 6.42 Å². The highest BCUT2D eigenvalue weighted by molar-refractivity contribution is 5.86. The Balaban J connectivity index is 2.20. The molecule has 1 N–H and O–H groups in total. The molecule has 1 heterocycles. The molecule has 0 aliphatic carbocycles. The van der Waals surface area contributed by atoms with Crippen molar-refractivity contribution in [3.8, 4) is 6.07 Å². The van der Waals surface area contributed by atoms with Gasteiger partial charge < -0.3 is 15.0 Å². The number of likely N-dealkylation sites (tertiary alicyclic amines) is 1. The number of amides is 2. The predicted molar refractivity (Wildman–Crippen MR) is 93.6 cm³/mol. The van der Waals surface area contributed by atoms with Crippen LogP contribution in [0.4, 0.5) is 9.18 Å². The number of carbonyl (C=O) groups excluding carboxylic acids is 2. The first-order valence-corrected chi connectivity index (χ1v) is 8.64. The summed E-state index contributed by atoms with van der Waals surface area (Å²) in [7, 11) is 0. The Morgan fingerprint density at radius 1 is 1.42 bits per heavy atom. The number of benzene rings is 1. The van der Waals surface area contributed by atoms with Gasteiger partial charge in [0.05, 0.1) is 6.07 Å². The van der Waals surface area contributed by atoms with Gasteiger partial charge in [0.1, 0.15) is 23.5 Å². The molecule has 1 aromatic carbocycles. The van der Waals surface area contributed by atoms with Crippen LogP contribution in [0.2, 0.25) is 0 Å². The molecule has 0 aromatic heterocycles. The molecule has 0 radical (unpaired) electrons. The minimum atomic E-state index is -1.00. The van der Waals surface area contributed by atoms with E-state index in [0.29, 0.717) is 18.5 Å². The number of rotatable bonds is 4. The minimum Gasteiger partial charge on any atom is -0.444 e. The highest BCUT2D eigenvalue weighted by atomic mass is 19.1. The van der Waals surface area contributed by atoms with E-state index in [9.17, 15) is 19.2 Å². The first-order valence-electron chi connectivity index (χ1n) is 8.64. The van der Waals surface area contributed by atoms with Crippen molar-refractivity contribution in [2.75, 3.05) is 6.54 Å². The summed E-state index contributed by atoms with van der Waals surface area (Å²) in [6.45, 7) is 5.59. The summed E-state index contributed by atoms with van der Waals surface area (Å²) < 4.78 is 19.2. The fraction of sp³-hybridized carbons (Fsp3) is 0.526. The highest BCUT2D eigenvalue weighted by Gasteiger charge is 2.35. The number of hydrogen-bond donors (Lipinski definition) is 1. The lowest BCUT2D eigenvalue weighted by Crippen LogP contribution is -2.51. The van der Waals surface area contributed by atoms with Crippen LogP contribution in [0.3, 0.4) is 0 Å². The average Bonchev–Trinajstić information content (AvgIpc) is 3.02. The van der Waals surface area contributed by atoms with Crippen LogP contribution in [0.15, 0.2) is 24.3 Å². The van der Waals surface area contributed by atoms with Crippen LogP contribution in [0.1, 0.15) is 39.2 Å². The van der Waals surface area contributed by atoms with Crippen LogP contribution in [0.25, 0.3) is 0 Å². The fourth-order valence-electron chi connectivity index (χ4n) is 2.90. The second-order valence-corrected chi connectivity index (χ2v) is 7.31. The Hall–Kier alpha value is -2.62. The number of carbonyl (C=O) groups is 2. The SMILES string of the molecule is CC(C)(C)OC(=O)NC(Cc1ccccc1F)C(=O)N1CCC[C@H]1C#N. The molecule has 0 bridgehead atoms. The minimum absolute atomic E-state index is 0.0145. The molecular formula is C19H24FN3O3. The van der Waals surface area contributed by atoms with E-state index in [1.165, 1.54) is 11.0 Å². The van der Waals surface area contributed by atoms with Crippen molar-refractivity contribution in [1.82, 2.24) is 10.2 Å². The van der Waals surface area contributed by atoms with Gasteiger partial charge in [-0.3, -0.25) is 4.79 Å². The summed E-state index contributed by atoms with van der Waals surface area (Å²) >= 11 is 0. The molecule has 2 rings (SSSR count). The van der Waals surface area contributed by atoms with Gasteiger partial charge in [-0.2, -0.15) is 5.26 Å². The molecule has 0 saturated carbocycles. The summed E-state index contributed by atoms with van der Waals surface area (Å²) in [5.74, 6) is -0.849. The molecule has 1 fully saturated rings. The summed E-state index contributed by atoms with van der Waals surface area (Å²) in [4.78, 5) is 26.5. The lowest BCUT2D eigenvalue weighted by molar-refractivity contribution is -0.133. The number of nitrogens with zero attached hydrogens (tertiary/aromatic N) is 2. The van der Waals surface area contributed by atoms with E-state index in [4.69, 9.17) is 4.74 Å². The van der Waals surface area contributed by atoms with Gasteiger partial charge in [0, 0.05) is 13.0 Å². The van der Waals surface area contributed by atoms with Gasteiger partial charge in [-0.1, -0.05) is 18.2 Å². The Morgan fingerprint density at radius 3 is 2.73 bits per heavy atom. The first-order chi connectivity index (χ1) is 12.2. The molecule has 26 heavy (non-hydrogen) atoms. The van der Waals surface area contributed by atoms with Crippen molar-refractivity contribution in [1.29, 1.82) is 5.26 Å². The van der Waals surface area contributed by atoms with Crippen LogP contribution in [-0.2, 0) is 16.0 Å². The molecule has 1 aromatic rings. The number of halogens is 1.